The van der Waals surface area contributed by atoms with E-state index in [4.69, 9.17) is 44.9 Å². The number of hydrogen-bond acceptors (Lipinski definition) is 5. The second-order valence-corrected chi connectivity index (χ2v) is 10.4. The Balaban J connectivity index is 1.59. The number of nitrogens with zero attached hydrogens (tertiary/aromatic N) is 1. The topological polar surface area (TPSA) is 38.8 Å². The van der Waals surface area contributed by atoms with Crippen LogP contribution in [0.4, 0.5) is 10.1 Å². The first kappa shape index (κ1) is 25.0. The molecule has 174 valence electrons. The molecule has 3 aromatic rings. The molecule has 0 spiro atoms. The van der Waals surface area contributed by atoms with Crippen molar-refractivity contribution in [2.45, 2.75) is 6.61 Å². The summed E-state index contributed by atoms with van der Waals surface area (Å²) >= 11 is 22.1. The minimum Gasteiger partial charge on any atom is -0.493 e. The largest absolute Gasteiger partial charge is 0.493 e. The fraction of sp³-hybridized carbons (Fsp3) is 0.0833. The lowest BCUT2D eigenvalue weighted by molar-refractivity contribution is -0.113. The molecule has 4 nitrogen and oxygen atoms in total. The first-order valence-electron chi connectivity index (χ1n) is 9.75. The van der Waals surface area contributed by atoms with Gasteiger partial charge in [0.15, 0.2) is 15.8 Å². The van der Waals surface area contributed by atoms with E-state index in [0.717, 1.165) is 17.3 Å². The fourth-order valence-corrected chi connectivity index (χ4v) is 5.43. The molecular weight excluding hydrogens is 584 g/mol. The SMILES string of the molecule is COc1cc(/C=C2/SC(=S)N(c3ccc(F)c(Cl)c3)C2=O)cc(Br)c1OCc1ccccc1Cl. The van der Waals surface area contributed by atoms with Gasteiger partial charge in [-0.25, -0.2) is 4.39 Å². The molecule has 0 saturated carbocycles. The summed E-state index contributed by atoms with van der Waals surface area (Å²) in [5.41, 5.74) is 1.94. The van der Waals surface area contributed by atoms with E-state index in [2.05, 4.69) is 15.9 Å². The summed E-state index contributed by atoms with van der Waals surface area (Å²) in [4.78, 5) is 14.8. The molecule has 1 amide bonds. The predicted octanol–water partition coefficient (Wildman–Crippen LogP) is 7.89. The van der Waals surface area contributed by atoms with Gasteiger partial charge >= 0.3 is 0 Å². The Hall–Kier alpha value is -2.10. The van der Waals surface area contributed by atoms with Crippen molar-refractivity contribution in [3.63, 3.8) is 0 Å². The van der Waals surface area contributed by atoms with Crippen LogP contribution in [-0.2, 0) is 11.4 Å². The number of hydrogen-bond donors (Lipinski definition) is 0. The van der Waals surface area contributed by atoms with Crippen LogP contribution < -0.4 is 14.4 Å². The van der Waals surface area contributed by atoms with E-state index in [1.807, 2.05) is 24.3 Å². The molecule has 0 bridgehead atoms. The number of rotatable bonds is 6. The van der Waals surface area contributed by atoms with Crippen molar-refractivity contribution in [1.82, 2.24) is 0 Å². The lowest BCUT2D eigenvalue weighted by Crippen LogP contribution is -2.27. The highest BCUT2D eigenvalue weighted by Gasteiger charge is 2.33. The first-order chi connectivity index (χ1) is 16.3. The number of thiocarbonyl (C=S) groups is 1. The standard InChI is InChI=1S/C24H15BrCl2FNO3S2/c1-31-20-9-13(8-16(25)22(20)32-12-14-4-2-3-5-17(14)26)10-21-23(30)29(24(33)34-21)15-6-7-19(28)18(27)11-15/h2-11H,12H2,1H3/b21-10+. The van der Waals surface area contributed by atoms with Crippen LogP contribution in [0.25, 0.3) is 6.08 Å². The minimum atomic E-state index is -0.569. The second kappa shape index (κ2) is 10.7. The van der Waals surface area contributed by atoms with Gasteiger partial charge in [0, 0.05) is 10.6 Å². The number of anilines is 1. The van der Waals surface area contributed by atoms with Crippen molar-refractivity contribution in [2.24, 2.45) is 0 Å². The Kier molecular flexibility index (Phi) is 7.84. The van der Waals surface area contributed by atoms with Crippen LogP contribution in [-0.4, -0.2) is 17.3 Å². The molecule has 1 fully saturated rings. The number of methoxy groups -OCH3 is 1. The molecule has 1 aliphatic heterocycles. The fourth-order valence-electron chi connectivity index (χ4n) is 3.19. The zero-order valence-electron chi connectivity index (χ0n) is 17.5. The predicted molar refractivity (Wildman–Crippen MR) is 144 cm³/mol. The Morgan fingerprint density at radius 1 is 1.15 bits per heavy atom. The number of thioether (sulfide) groups is 1. The van der Waals surface area contributed by atoms with Gasteiger partial charge in [-0.15, -0.1) is 0 Å². The summed E-state index contributed by atoms with van der Waals surface area (Å²) < 4.78 is 26.0. The highest BCUT2D eigenvalue weighted by molar-refractivity contribution is 9.10. The molecular formula is C24H15BrCl2FNO3S2. The van der Waals surface area contributed by atoms with Crippen LogP contribution in [0.5, 0.6) is 11.5 Å². The maximum absolute atomic E-state index is 13.5. The number of ether oxygens (including phenoxy) is 2. The molecule has 0 radical (unpaired) electrons. The maximum atomic E-state index is 13.5. The van der Waals surface area contributed by atoms with Crippen LogP contribution in [0, 0.1) is 5.82 Å². The molecule has 0 atom stereocenters. The number of benzene rings is 3. The van der Waals surface area contributed by atoms with Gasteiger partial charge in [-0.3, -0.25) is 9.69 Å². The molecule has 4 rings (SSSR count). The smallest absolute Gasteiger partial charge is 0.270 e. The Morgan fingerprint density at radius 3 is 2.62 bits per heavy atom. The maximum Gasteiger partial charge on any atom is 0.270 e. The van der Waals surface area contributed by atoms with Crippen molar-refractivity contribution in [2.75, 3.05) is 12.0 Å². The van der Waals surface area contributed by atoms with E-state index in [1.54, 1.807) is 18.2 Å². The molecule has 0 aliphatic carbocycles. The summed E-state index contributed by atoms with van der Waals surface area (Å²) in [5, 5.41) is 0.523. The van der Waals surface area contributed by atoms with Crippen LogP contribution in [0.2, 0.25) is 10.0 Å². The highest BCUT2D eigenvalue weighted by atomic mass is 79.9. The van der Waals surface area contributed by atoms with Gasteiger partial charge in [-0.05, 0) is 64.0 Å². The third-order valence-electron chi connectivity index (χ3n) is 4.83. The van der Waals surface area contributed by atoms with Crippen molar-refractivity contribution in [1.29, 1.82) is 0 Å². The van der Waals surface area contributed by atoms with Gasteiger partial charge in [0.05, 0.1) is 27.2 Å². The van der Waals surface area contributed by atoms with E-state index in [0.29, 0.717) is 41.5 Å². The zero-order valence-corrected chi connectivity index (χ0v) is 22.2. The van der Waals surface area contributed by atoms with E-state index >= 15 is 0 Å². The second-order valence-electron chi connectivity index (χ2n) is 7.03. The molecule has 3 aromatic carbocycles. The lowest BCUT2D eigenvalue weighted by atomic mass is 10.1. The van der Waals surface area contributed by atoms with Crippen LogP contribution in [0.1, 0.15) is 11.1 Å². The average Bonchev–Trinajstić information content (AvgIpc) is 3.08. The van der Waals surface area contributed by atoms with Crippen LogP contribution in [0.3, 0.4) is 0 Å². The Labute approximate surface area is 223 Å². The molecule has 0 N–H and O–H groups in total. The number of halogens is 4. The van der Waals surface area contributed by atoms with E-state index in [-0.39, 0.29) is 17.5 Å². The third-order valence-corrected chi connectivity index (χ3v) is 7.38. The number of amides is 1. The van der Waals surface area contributed by atoms with Gasteiger partial charge < -0.3 is 9.47 Å². The number of carbonyl (C=O) groups excluding carboxylic acids is 1. The van der Waals surface area contributed by atoms with Crippen molar-refractivity contribution in [3.05, 3.63) is 91.0 Å². The molecule has 1 saturated heterocycles. The summed E-state index contributed by atoms with van der Waals surface area (Å²) in [6, 6.07) is 15.0. The summed E-state index contributed by atoms with van der Waals surface area (Å²) in [5.74, 6) is 0.0912. The molecule has 10 heteroatoms. The average molecular weight is 599 g/mol. The molecule has 1 aliphatic rings. The van der Waals surface area contributed by atoms with Crippen LogP contribution in [0.15, 0.2) is 64.0 Å². The quantitative estimate of drug-likeness (QED) is 0.213. The van der Waals surface area contributed by atoms with Gasteiger partial charge in [-0.2, -0.15) is 0 Å². The third kappa shape index (κ3) is 5.26. The summed E-state index contributed by atoms with van der Waals surface area (Å²) in [7, 11) is 1.53. The van der Waals surface area contributed by atoms with E-state index in [1.165, 1.54) is 30.2 Å². The van der Waals surface area contributed by atoms with Crippen LogP contribution >= 0.6 is 63.1 Å². The Bertz CT molecular complexity index is 1340. The number of carbonyl (C=O) groups is 1. The molecule has 1 heterocycles. The zero-order chi connectivity index (χ0) is 24.4. The lowest BCUT2D eigenvalue weighted by Gasteiger charge is -2.15. The monoisotopic (exact) mass is 597 g/mol. The van der Waals surface area contributed by atoms with E-state index < -0.39 is 5.82 Å². The van der Waals surface area contributed by atoms with Gasteiger partial charge in [0.25, 0.3) is 5.91 Å². The van der Waals surface area contributed by atoms with E-state index in [9.17, 15) is 9.18 Å². The summed E-state index contributed by atoms with van der Waals surface area (Å²) in [6.45, 7) is 0.257. The molecule has 0 unspecified atom stereocenters. The normalized spacial score (nSPS) is 14.7. The summed E-state index contributed by atoms with van der Waals surface area (Å²) in [6.07, 6.45) is 1.70. The van der Waals surface area contributed by atoms with Gasteiger partial charge in [0.1, 0.15) is 12.4 Å². The molecule has 34 heavy (non-hydrogen) atoms. The van der Waals surface area contributed by atoms with Crippen molar-refractivity contribution >= 4 is 85.1 Å². The van der Waals surface area contributed by atoms with Gasteiger partial charge in [-0.1, -0.05) is 65.4 Å². The first-order valence-corrected chi connectivity index (χ1v) is 12.5. The Morgan fingerprint density at radius 2 is 1.91 bits per heavy atom. The van der Waals surface area contributed by atoms with Crippen molar-refractivity contribution in [3.8, 4) is 11.5 Å². The van der Waals surface area contributed by atoms with Crippen molar-refractivity contribution < 1.29 is 18.7 Å². The molecule has 0 aromatic heterocycles. The minimum absolute atomic E-state index is 0.0865. The van der Waals surface area contributed by atoms with Gasteiger partial charge in [0.2, 0.25) is 0 Å². The highest BCUT2D eigenvalue weighted by Crippen LogP contribution is 2.41.